The van der Waals surface area contributed by atoms with Gasteiger partial charge < -0.3 is 5.32 Å². The van der Waals surface area contributed by atoms with Crippen LogP contribution in [0.5, 0.6) is 0 Å². The van der Waals surface area contributed by atoms with Crippen LogP contribution >= 0.6 is 23.1 Å². The second-order valence-electron chi connectivity index (χ2n) is 4.47. The average molecular weight is 318 g/mol. The quantitative estimate of drug-likeness (QED) is 0.735. The molecule has 1 atom stereocenters. The molecule has 0 fully saturated rings. The van der Waals surface area contributed by atoms with Gasteiger partial charge in [0.15, 0.2) is 10.8 Å². The zero-order valence-electron chi connectivity index (χ0n) is 11.4. The van der Waals surface area contributed by atoms with Crippen molar-refractivity contribution in [1.29, 1.82) is 0 Å². The van der Waals surface area contributed by atoms with E-state index in [1.807, 2.05) is 53.2 Å². The minimum absolute atomic E-state index is 0.00100. The summed E-state index contributed by atoms with van der Waals surface area (Å²) >= 11 is 3.04. The van der Waals surface area contributed by atoms with E-state index in [1.54, 1.807) is 11.3 Å². The highest BCUT2D eigenvalue weighted by Gasteiger charge is 2.17. The van der Waals surface area contributed by atoms with Gasteiger partial charge in [0.2, 0.25) is 5.91 Å². The molecular weight excluding hydrogens is 304 g/mol. The third kappa shape index (κ3) is 3.25. The smallest absolute Gasteiger partial charge is 0.233 e. The Balaban J connectivity index is 1.62. The molecule has 1 amide bonds. The lowest BCUT2D eigenvalue weighted by Crippen LogP contribution is -2.30. The van der Waals surface area contributed by atoms with Crippen LogP contribution in [0, 0.1) is 0 Å². The minimum Gasteiger partial charge on any atom is -0.350 e. The Kier molecular flexibility index (Phi) is 4.21. The van der Waals surface area contributed by atoms with Gasteiger partial charge in [-0.05, 0) is 30.5 Å². The first kappa shape index (κ1) is 14.1. The Morgan fingerprint density at radius 3 is 3.10 bits per heavy atom. The van der Waals surface area contributed by atoms with E-state index in [9.17, 15) is 4.79 Å². The number of nitrogens with zero attached hydrogens (tertiary/aromatic N) is 3. The fraction of sp³-hybridized carbons (Fsp3) is 0.214. The average Bonchev–Trinajstić information content (AvgIpc) is 3.15. The van der Waals surface area contributed by atoms with E-state index < -0.39 is 0 Å². The van der Waals surface area contributed by atoms with Gasteiger partial charge in [-0.15, -0.1) is 21.5 Å². The monoisotopic (exact) mass is 318 g/mol. The van der Waals surface area contributed by atoms with E-state index in [4.69, 9.17) is 0 Å². The lowest BCUT2D eigenvalue weighted by atomic mass is 10.4. The summed E-state index contributed by atoms with van der Waals surface area (Å²) in [6, 6.07) is 9.71. The number of hydrogen-bond acceptors (Lipinski definition) is 5. The van der Waals surface area contributed by atoms with Crippen molar-refractivity contribution < 1.29 is 4.79 Å². The van der Waals surface area contributed by atoms with E-state index in [0.717, 1.165) is 15.7 Å². The molecule has 1 N–H and O–H groups in total. The second-order valence-corrected chi connectivity index (χ2v) is 6.81. The number of thiophene rings is 1. The minimum atomic E-state index is -0.224. The zero-order chi connectivity index (χ0) is 14.7. The van der Waals surface area contributed by atoms with Crippen LogP contribution in [0.2, 0.25) is 0 Å². The van der Waals surface area contributed by atoms with Gasteiger partial charge in [-0.25, -0.2) is 0 Å². The Hall–Kier alpha value is -1.86. The lowest BCUT2D eigenvalue weighted by Gasteiger charge is -2.10. The predicted molar refractivity (Wildman–Crippen MR) is 84.5 cm³/mol. The molecule has 0 saturated heterocycles. The van der Waals surface area contributed by atoms with Crippen LogP contribution in [0.3, 0.4) is 0 Å². The molecule has 3 heterocycles. The zero-order valence-corrected chi connectivity index (χ0v) is 13.0. The highest BCUT2D eigenvalue weighted by atomic mass is 32.2. The molecule has 0 aliphatic heterocycles. The van der Waals surface area contributed by atoms with Gasteiger partial charge in [-0.3, -0.25) is 9.20 Å². The number of hydrogen-bond donors (Lipinski definition) is 1. The van der Waals surface area contributed by atoms with Crippen LogP contribution < -0.4 is 5.32 Å². The highest BCUT2D eigenvalue weighted by molar-refractivity contribution is 8.00. The van der Waals surface area contributed by atoms with Gasteiger partial charge in [0.1, 0.15) is 0 Å². The SMILES string of the molecule is CC(Sc1nnc2ccccn12)C(=O)NCc1cccs1. The maximum Gasteiger partial charge on any atom is 0.233 e. The van der Waals surface area contributed by atoms with Crippen LogP contribution in [0.1, 0.15) is 11.8 Å². The maximum atomic E-state index is 12.1. The van der Waals surface area contributed by atoms with Crippen molar-refractivity contribution in [2.75, 3.05) is 0 Å². The largest absolute Gasteiger partial charge is 0.350 e. The number of fused-ring (bicyclic) bond motifs is 1. The molecule has 3 rings (SSSR count). The fourth-order valence-corrected chi connectivity index (χ4v) is 3.35. The third-order valence-corrected chi connectivity index (χ3v) is 4.88. The summed E-state index contributed by atoms with van der Waals surface area (Å²) in [4.78, 5) is 13.3. The number of rotatable bonds is 5. The summed E-state index contributed by atoms with van der Waals surface area (Å²) in [5.74, 6) is 0.00100. The van der Waals surface area contributed by atoms with Gasteiger partial charge >= 0.3 is 0 Å². The molecule has 0 aromatic carbocycles. The summed E-state index contributed by atoms with van der Waals surface area (Å²) in [5.41, 5.74) is 0.784. The molecule has 3 aromatic heterocycles. The van der Waals surface area contributed by atoms with Crippen molar-refractivity contribution in [2.24, 2.45) is 0 Å². The lowest BCUT2D eigenvalue weighted by molar-refractivity contribution is -0.120. The molecule has 21 heavy (non-hydrogen) atoms. The van der Waals surface area contributed by atoms with E-state index in [2.05, 4.69) is 15.5 Å². The van der Waals surface area contributed by atoms with E-state index in [-0.39, 0.29) is 11.2 Å². The Morgan fingerprint density at radius 1 is 1.38 bits per heavy atom. The maximum absolute atomic E-state index is 12.1. The summed E-state index contributed by atoms with van der Waals surface area (Å²) in [6.45, 7) is 2.44. The number of carbonyl (C=O) groups excluding carboxylic acids is 1. The van der Waals surface area contributed by atoms with Crippen LogP contribution in [0.4, 0.5) is 0 Å². The van der Waals surface area contributed by atoms with Crippen molar-refractivity contribution in [2.45, 2.75) is 23.9 Å². The van der Waals surface area contributed by atoms with Crippen LogP contribution in [-0.2, 0) is 11.3 Å². The van der Waals surface area contributed by atoms with Crippen molar-refractivity contribution in [1.82, 2.24) is 19.9 Å². The van der Waals surface area contributed by atoms with Crippen LogP contribution in [0.15, 0.2) is 47.1 Å². The van der Waals surface area contributed by atoms with Gasteiger partial charge in [0, 0.05) is 11.1 Å². The number of aromatic nitrogens is 3. The van der Waals surface area contributed by atoms with Crippen molar-refractivity contribution in [3.05, 3.63) is 46.8 Å². The number of pyridine rings is 1. The Labute approximate surface area is 130 Å². The highest BCUT2D eigenvalue weighted by Crippen LogP contribution is 2.22. The Morgan fingerprint density at radius 2 is 2.29 bits per heavy atom. The van der Waals surface area contributed by atoms with Crippen molar-refractivity contribution in [3.63, 3.8) is 0 Å². The normalized spacial score (nSPS) is 12.4. The first-order valence-corrected chi connectivity index (χ1v) is 8.26. The number of thioether (sulfide) groups is 1. The van der Waals surface area contributed by atoms with Gasteiger partial charge in [0.05, 0.1) is 11.8 Å². The molecule has 7 heteroatoms. The fourth-order valence-electron chi connectivity index (χ4n) is 1.84. The van der Waals surface area contributed by atoms with Crippen LogP contribution in [0.25, 0.3) is 5.65 Å². The number of carbonyl (C=O) groups is 1. The summed E-state index contributed by atoms with van der Waals surface area (Å²) in [5, 5.41) is 13.6. The van der Waals surface area contributed by atoms with Crippen molar-refractivity contribution >= 4 is 34.7 Å². The molecular formula is C14H14N4OS2. The topological polar surface area (TPSA) is 59.3 Å². The predicted octanol–water partition coefficient (Wildman–Crippen LogP) is 2.59. The molecule has 0 saturated carbocycles. The summed E-state index contributed by atoms with van der Waals surface area (Å²) in [6.07, 6.45) is 1.90. The molecule has 0 bridgehead atoms. The molecule has 5 nitrogen and oxygen atoms in total. The third-order valence-electron chi connectivity index (χ3n) is 2.95. The molecule has 0 spiro atoms. The standard InChI is InChI=1S/C14H14N4OS2/c1-10(13(19)15-9-11-5-4-8-20-11)21-14-17-16-12-6-2-3-7-18(12)14/h2-8,10H,9H2,1H3,(H,15,19). The molecule has 0 aliphatic rings. The number of amides is 1. The van der Waals surface area contributed by atoms with E-state index in [1.165, 1.54) is 11.8 Å². The number of nitrogens with one attached hydrogen (secondary N) is 1. The Bertz CT molecular complexity index is 738. The van der Waals surface area contributed by atoms with Crippen molar-refractivity contribution in [3.8, 4) is 0 Å². The molecule has 0 aliphatic carbocycles. The first-order valence-electron chi connectivity index (χ1n) is 6.50. The summed E-state index contributed by atoms with van der Waals surface area (Å²) in [7, 11) is 0. The molecule has 0 radical (unpaired) electrons. The summed E-state index contributed by atoms with van der Waals surface area (Å²) < 4.78 is 1.88. The molecule has 3 aromatic rings. The second kappa shape index (κ2) is 6.28. The van der Waals surface area contributed by atoms with Gasteiger partial charge in [0.25, 0.3) is 0 Å². The van der Waals surface area contributed by atoms with Gasteiger partial charge in [-0.2, -0.15) is 0 Å². The molecule has 108 valence electrons. The van der Waals surface area contributed by atoms with E-state index >= 15 is 0 Å². The van der Waals surface area contributed by atoms with E-state index in [0.29, 0.717) is 6.54 Å². The molecule has 1 unspecified atom stereocenters. The first-order chi connectivity index (χ1) is 10.2. The van der Waals surface area contributed by atoms with Gasteiger partial charge in [-0.1, -0.05) is 23.9 Å². The van der Waals surface area contributed by atoms with Crippen LogP contribution in [-0.4, -0.2) is 25.8 Å².